The highest BCUT2D eigenvalue weighted by Gasteiger charge is 1.91. The SMILES string of the molecule is CCC(=O)O.COC(=O)CF. The normalized spacial score (nSPS) is 7.55. The van der Waals surface area contributed by atoms with Gasteiger partial charge < -0.3 is 9.84 Å². The molecule has 0 rings (SSSR count). The number of carboxylic acids is 1. The summed E-state index contributed by atoms with van der Waals surface area (Å²) in [6.07, 6.45) is 0.222. The monoisotopic (exact) mass is 166 g/mol. The number of carbonyl (C=O) groups excluding carboxylic acids is 1. The fourth-order valence-electron chi connectivity index (χ4n) is 0.0546. The van der Waals surface area contributed by atoms with Gasteiger partial charge in [0, 0.05) is 6.42 Å². The molecule has 0 unspecified atom stereocenters. The van der Waals surface area contributed by atoms with Crippen molar-refractivity contribution in [2.75, 3.05) is 13.8 Å². The molecule has 0 amide bonds. The van der Waals surface area contributed by atoms with Crippen LogP contribution in [0.5, 0.6) is 0 Å². The van der Waals surface area contributed by atoms with E-state index in [2.05, 4.69) is 4.74 Å². The first-order valence-electron chi connectivity index (χ1n) is 2.93. The van der Waals surface area contributed by atoms with Crippen LogP contribution >= 0.6 is 0 Å². The highest BCUT2D eigenvalue weighted by molar-refractivity contribution is 5.70. The van der Waals surface area contributed by atoms with Crippen molar-refractivity contribution in [2.45, 2.75) is 13.3 Å². The molecule has 0 bridgehead atoms. The lowest BCUT2D eigenvalue weighted by atomic mass is 10.5. The Labute approximate surface area is 64.0 Å². The topological polar surface area (TPSA) is 63.6 Å². The number of halogens is 1. The quantitative estimate of drug-likeness (QED) is 0.610. The number of alkyl halides is 1. The predicted molar refractivity (Wildman–Crippen MR) is 35.9 cm³/mol. The highest BCUT2D eigenvalue weighted by Crippen LogP contribution is 1.70. The van der Waals surface area contributed by atoms with Crippen molar-refractivity contribution >= 4 is 11.9 Å². The van der Waals surface area contributed by atoms with E-state index in [1.807, 2.05) is 0 Å². The van der Waals surface area contributed by atoms with Crippen molar-refractivity contribution in [1.82, 2.24) is 0 Å². The number of hydrogen-bond acceptors (Lipinski definition) is 3. The standard InChI is InChI=1S/C3H5FO2.C3H6O2/c1-6-3(5)2-4;1-2-3(4)5/h2H2,1H3;2H2,1H3,(H,4,5). The first-order chi connectivity index (χ1) is 5.08. The van der Waals surface area contributed by atoms with Crippen LogP contribution < -0.4 is 0 Å². The van der Waals surface area contributed by atoms with Crippen molar-refractivity contribution < 1.29 is 23.8 Å². The molecular formula is C6H11FO4. The second kappa shape index (κ2) is 8.87. The van der Waals surface area contributed by atoms with Crippen molar-refractivity contribution in [3.05, 3.63) is 0 Å². The van der Waals surface area contributed by atoms with Gasteiger partial charge in [0.1, 0.15) is 0 Å². The molecule has 0 heterocycles. The molecule has 1 N–H and O–H groups in total. The van der Waals surface area contributed by atoms with Crippen molar-refractivity contribution in [3.8, 4) is 0 Å². The van der Waals surface area contributed by atoms with E-state index in [0.29, 0.717) is 0 Å². The zero-order chi connectivity index (χ0) is 9.28. The summed E-state index contributed by atoms with van der Waals surface area (Å²) in [5, 5.41) is 7.72. The summed E-state index contributed by atoms with van der Waals surface area (Å²) < 4.78 is 14.8. The number of ether oxygens (including phenoxy) is 1. The molecule has 5 heteroatoms. The average molecular weight is 166 g/mol. The van der Waals surface area contributed by atoms with Crippen LogP contribution in [0, 0.1) is 0 Å². The van der Waals surface area contributed by atoms with Gasteiger partial charge in [-0.05, 0) is 0 Å². The number of hydrogen-bond donors (Lipinski definition) is 1. The largest absolute Gasteiger partial charge is 0.481 e. The van der Waals surface area contributed by atoms with Gasteiger partial charge in [-0.3, -0.25) is 4.79 Å². The minimum atomic E-state index is -1.03. The van der Waals surface area contributed by atoms with Crippen LogP contribution in [0.15, 0.2) is 0 Å². The third kappa shape index (κ3) is 17.7. The Morgan fingerprint density at radius 2 is 1.91 bits per heavy atom. The predicted octanol–water partition coefficient (Wildman–Crippen LogP) is 0.610. The summed E-state index contributed by atoms with van der Waals surface area (Å²) in [4.78, 5) is 19.0. The van der Waals surface area contributed by atoms with Crippen LogP contribution in [0.3, 0.4) is 0 Å². The van der Waals surface area contributed by atoms with Gasteiger partial charge in [0.2, 0.25) is 0 Å². The molecular weight excluding hydrogens is 155 g/mol. The lowest BCUT2D eigenvalue weighted by molar-refractivity contribution is -0.141. The maximum Gasteiger partial charge on any atom is 0.337 e. The molecule has 0 spiro atoms. The van der Waals surface area contributed by atoms with Crippen LogP contribution in [0.2, 0.25) is 0 Å². The van der Waals surface area contributed by atoms with Gasteiger partial charge in [0.05, 0.1) is 7.11 Å². The van der Waals surface area contributed by atoms with Crippen LogP contribution in [-0.2, 0) is 14.3 Å². The Morgan fingerprint density at radius 1 is 1.55 bits per heavy atom. The fourth-order valence-corrected chi connectivity index (χ4v) is 0.0546. The van der Waals surface area contributed by atoms with E-state index in [4.69, 9.17) is 5.11 Å². The summed E-state index contributed by atoms with van der Waals surface area (Å²) in [7, 11) is 1.14. The van der Waals surface area contributed by atoms with E-state index >= 15 is 0 Å². The molecule has 0 aliphatic rings. The molecule has 0 radical (unpaired) electrons. The van der Waals surface area contributed by atoms with Gasteiger partial charge in [-0.1, -0.05) is 6.92 Å². The zero-order valence-electron chi connectivity index (χ0n) is 6.46. The summed E-state index contributed by atoms with van der Waals surface area (Å²) in [5.41, 5.74) is 0. The number of methoxy groups -OCH3 is 1. The van der Waals surface area contributed by atoms with E-state index in [1.165, 1.54) is 0 Å². The van der Waals surface area contributed by atoms with E-state index in [-0.39, 0.29) is 6.42 Å². The molecule has 0 aromatic heterocycles. The molecule has 4 nitrogen and oxygen atoms in total. The van der Waals surface area contributed by atoms with Crippen LogP contribution in [0.4, 0.5) is 4.39 Å². The minimum absolute atomic E-state index is 0.222. The summed E-state index contributed by atoms with van der Waals surface area (Å²) in [6, 6.07) is 0. The van der Waals surface area contributed by atoms with E-state index in [9.17, 15) is 14.0 Å². The summed E-state index contributed by atoms with van der Waals surface area (Å²) in [5.74, 6) is -1.57. The lowest BCUT2D eigenvalue weighted by Crippen LogP contribution is -2.00. The molecule has 0 saturated carbocycles. The van der Waals surface area contributed by atoms with E-state index < -0.39 is 18.6 Å². The van der Waals surface area contributed by atoms with Crippen molar-refractivity contribution in [2.24, 2.45) is 0 Å². The smallest absolute Gasteiger partial charge is 0.337 e. The molecule has 11 heavy (non-hydrogen) atoms. The van der Waals surface area contributed by atoms with Gasteiger partial charge in [-0.25, -0.2) is 9.18 Å². The zero-order valence-corrected chi connectivity index (χ0v) is 6.46. The number of rotatable bonds is 2. The third-order valence-corrected chi connectivity index (χ3v) is 0.639. The lowest BCUT2D eigenvalue weighted by Gasteiger charge is -1.85. The van der Waals surface area contributed by atoms with Crippen molar-refractivity contribution in [1.29, 1.82) is 0 Å². The van der Waals surface area contributed by atoms with E-state index in [0.717, 1.165) is 7.11 Å². The fraction of sp³-hybridized carbons (Fsp3) is 0.667. The Balaban J connectivity index is 0. The number of aliphatic carboxylic acids is 1. The first kappa shape index (κ1) is 12.5. The third-order valence-electron chi connectivity index (χ3n) is 0.639. The molecule has 0 aromatic carbocycles. The maximum atomic E-state index is 10.9. The number of esters is 1. The number of carbonyl (C=O) groups is 2. The van der Waals surface area contributed by atoms with Crippen LogP contribution in [0.1, 0.15) is 13.3 Å². The van der Waals surface area contributed by atoms with E-state index in [1.54, 1.807) is 6.92 Å². The Hall–Kier alpha value is -1.13. The van der Waals surface area contributed by atoms with Gasteiger partial charge in [-0.2, -0.15) is 0 Å². The van der Waals surface area contributed by atoms with Crippen LogP contribution in [0.25, 0.3) is 0 Å². The summed E-state index contributed by atoms with van der Waals surface area (Å²) >= 11 is 0. The van der Waals surface area contributed by atoms with Gasteiger partial charge >= 0.3 is 11.9 Å². The minimum Gasteiger partial charge on any atom is -0.481 e. The van der Waals surface area contributed by atoms with Crippen LogP contribution in [-0.4, -0.2) is 30.8 Å². The molecule has 0 aliphatic carbocycles. The molecule has 0 atom stereocenters. The highest BCUT2D eigenvalue weighted by atomic mass is 19.1. The molecule has 0 aliphatic heterocycles. The summed E-state index contributed by atoms with van der Waals surface area (Å²) in [6.45, 7) is 0.568. The average Bonchev–Trinajstić information content (AvgIpc) is 2.04. The molecule has 0 fully saturated rings. The second-order valence-corrected chi connectivity index (χ2v) is 1.46. The molecule has 0 saturated heterocycles. The molecule has 66 valence electrons. The van der Waals surface area contributed by atoms with Gasteiger partial charge in [0.25, 0.3) is 0 Å². The Kier molecular flexibility index (Phi) is 10.1. The van der Waals surface area contributed by atoms with Gasteiger partial charge in [0.15, 0.2) is 6.67 Å². The Morgan fingerprint density at radius 3 is 1.91 bits per heavy atom. The number of carboxylic acid groups (broad SMARTS) is 1. The van der Waals surface area contributed by atoms with Gasteiger partial charge in [-0.15, -0.1) is 0 Å². The Bertz CT molecular complexity index is 118. The second-order valence-electron chi connectivity index (χ2n) is 1.46. The maximum absolute atomic E-state index is 10.9. The van der Waals surface area contributed by atoms with Crippen molar-refractivity contribution in [3.63, 3.8) is 0 Å². The molecule has 0 aromatic rings. The first-order valence-corrected chi connectivity index (χ1v) is 2.93.